The van der Waals surface area contributed by atoms with Gasteiger partial charge in [-0.05, 0) is 43.2 Å². The number of halogens is 1. The Morgan fingerprint density at radius 2 is 2.10 bits per heavy atom. The van der Waals surface area contributed by atoms with Crippen LogP contribution in [0, 0.1) is 11.7 Å². The van der Waals surface area contributed by atoms with Gasteiger partial charge in [0.15, 0.2) is 5.06 Å². The molecule has 3 heterocycles. The first-order chi connectivity index (χ1) is 14.7. The van der Waals surface area contributed by atoms with Gasteiger partial charge in [-0.15, -0.1) is 0 Å². The third kappa shape index (κ3) is 4.04. The van der Waals surface area contributed by atoms with Crippen molar-refractivity contribution in [3.05, 3.63) is 41.8 Å². The number of fused-ring (bicyclic) bond motifs is 1. The highest BCUT2D eigenvalue weighted by atomic mass is 32.2. The third-order valence-corrected chi connectivity index (χ3v) is 8.65. The summed E-state index contributed by atoms with van der Waals surface area (Å²) < 4.78 is 48.8. The second kappa shape index (κ2) is 8.21. The largest absolute Gasteiger partial charge is 0.484 e. The number of ether oxygens (including phenoxy) is 1. The van der Waals surface area contributed by atoms with E-state index in [0.29, 0.717) is 28.3 Å². The lowest BCUT2D eigenvalue weighted by molar-refractivity contribution is -0.136. The molecule has 2 atom stereocenters. The average molecular weight is 468 g/mol. The van der Waals surface area contributed by atoms with Crippen molar-refractivity contribution in [1.29, 1.82) is 0 Å². The van der Waals surface area contributed by atoms with E-state index >= 15 is 0 Å². The molecule has 0 aliphatic carbocycles. The molecular weight excluding hydrogens is 445 g/mol. The SMILES string of the molecule is CCOc1ccc(S(=O)(=O)N2C[C@@H](C)[C@@H](n3nc(CC(=O)O)c4ccc(F)cc43)C2)s1. The van der Waals surface area contributed by atoms with Crippen molar-refractivity contribution in [3.63, 3.8) is 0 Å². The Bertz CT molecular complexity index is 1240. The summed E-state index contributed by atoms with van der Waals surface area (Å²) in [5, 5.41) is 14.7. The highest BCUT2D eigenvalue weighted by Gasteiger charge is 2.40. The predicted molar refractivity (Wildman–Crippen MR) is 113 cm³/mol. The number of rotatable bonds is 7. The van der Waals surface area contributed by atoms with Crippen molar-refractivity contribution in [1.82, 2.24) is 14.1 Å². The fraction of sp³-hybridized carbons (Fsp3) is 0.400. The van der Waals surface area contributed by atoms with E-state index in [4.69, 9.17) is 4.74 Å². The summed E-state index contributed by atoms with van der Waals surface area (Å²) in [4.78, 5) is 11.2. The number of nitrogens with zero attached hydrogens (tertiary/aromatic N) is 3. The molecule has 1 aromatic carbocycles. The number of carboxylic acid groups (broad SMARTS) is 1. The van der Waals surface area contributed by atoms with Gasteiger partial charge in [-0.25, -0.2) is 12.8 Å². The Labute approximate surface area is 182 Å². The van der Waals surface area contributed by atoms with E-state index in [2.05, 4.69) is 5.10 Å². The van der Waals surface area contributed by atoms with Gasteiger partial charge in [0.25, 0.3) is 10.0 Å². The van der Waals surface area contributed by atoms with Crippen LogP contribution in [-0.2, 0) is 21.2 Å². The summed E-state index contributed by atoms with van der Waals surface area (Å²) in [5.74, 6) is -1.61. The van der Waals surface area contributed by atoms with Crippen LogP contribution in [0.25, 0.3) is 10.9 Å². The number of thiophene rings is 1. The standard InChI is InChI=1S/C20H22FN3O5S2/c1-3-29-19-6-7-20(30-19)31(27,28)23-10-12(2)17(11-23)24-16-8-13(21)4-5-14(16)15(22-24)9-18(25)26/h4-8,12,17H,3,9-11H2,1-2H3,(H,25,26)/t12-,17+/m1/s1. The van der Waals surface area contributed by atoms with Gasteiger partial charge in [-0.3, -0.25) is 9.48 Å². The first kappa shape index (κ1) is 21.7. The Hall–Kier alpha value is -2.50. The second-order valence-corrected chi connectivity index (χ2v) is 10.7. The maximum Gasteiger partial charge on any atom is 0.309 e. The monoisotopic (exact) mass is 467 g/mol. The van der Waals surface area contributed by atoms with E-state index in [1.165, 1.54) is 28.6 Å². The molecule has 11 heteroatoms. The highest BCUT2D eigenvalue weighted by molar-refractivity contribution is 7.91. The molecule has 0 bridgehead atoms. The normalized spacial score (nSPS) is 19.8. The number of carboxylic acids is 1. The van der Waals surface area contributed by atoms with Gasteiger partial charge < -0.3 is 9.84 Å². The molecule has 1 saturated heterocycles. The zero-order chi connectivity index (χ0) is 22.3. The van der Waals surface area contributed by atoms with Crippen LogP contribution < -0.4 is 4.74 Å². The maximum absolute atomic E-state index is 14.0. The second-order valence-electron chi connectivity index (χ2n) is 7.50. The smallest absolute Gasteiger partial charge is 0.309 e. The van der Waals surface area contributed by atoms with Crippen LogP contribution in [0.15, 0.2) is 34.5 Å². The lowest BCUT2D eigenvalue weighted by Crippen LogP contribution is -2.29. The Morgan fingerprint density at radius 1 is 1.32 bits per heavy atom. The van der Waals surface area contributed by atoms with Gasteiger partial charge in [-0.2, -0.15) is 9.40 Å². The molecule has 31 heavy (non-hydrogen) atoms. The van der Waals surface area contributed by atoms with Crippen molar-refractivity contribution >= 4 is 38.2 Å². The van der Waals surface area contributed by atoms with E-state index < -0.39 is 21.8 Å². The van der Waals surface area contributed by atoms with Crippen molar-refractivity contribution in [2.24, 2.45) is 5.92 Å². The number of aromatic nitrogens is 2. The molecule has 0 radical (unpaired) electrons. The van der Waals surface area contributed by atoms with Crippen LogP contribution in [0.3, 0.4) is 0 Å². The zero-order valence-corrected chi connectivity index (χ0v) is 18.6. The number of sulfonamides is 1. The molecule has 3 aromatic rings. The molecule has 1 N–H and O–H groups in total. The topological polar surface area (TPSA) is 102 Å². The van der Waals surface area contributed by atoms with Crippen LogP contribution in [0.5, 0.6) is 5.06 Å². The summed E-state index contributed by atoms with van der Waals surface area (Å²) in [7, 11) is -3.72. The van der Waals surface area contributed by atoms with Crippen molar-refractivity contribution in [2.75, 3.05) is 19.7 Å². The van der Waals surface area contributed by atoms with E-state index in [0.717, 1.165) is 11.3 Å². The minimum Gasteiger partial charge on any atom is -0.484 e. The Morgan fingerprint density at radius 3 is 2.81 bits per heavy atom. The highest BCUT2D eigenvalue weighted by Crippen LogP contribution is 2.37. The van der Waals surface area contributed by atoms with Crippen molar-refractivity contribution in [2.45, 2.75) is 30.5 Å². The lowest BCUT2D eigenvalue weighted by atomic mass is 10.1. The summed E-state index contributed by atoms with van der Waals surface area (Å²) in [6.07, 6.45) is -0.298. The first-order valence-electron chi connectivity index (χ1n) is 9.82. The fourth-order valence-electron chi connectivity index (χ4n) is 3.91. The first-order valence-corrected chi connectivity index (χ1v) is 12.1. The minimum absolute atomic E-state index is 0.106. The molecular formula is C20H22FN3O5S2. The van der Waals surface area contributed by atoms with Gasteiger partial charge in [0.05, 0.1) is 30.3 Å². The molecule has 0 spiro atoms. The van der Waals surface area contributed by atoms with Crippen molar-refractivity contribution in [3.8, 4) is 5.06 Å². The number of carbonyl (C=O) groups is 1. The lowest BCUT2D eigenvalue weighted by Gasteiger charge is -2.17. The molecule has 1 fully saturated rings. The van der Waals surface area contributed by atoms with Crippen molar-refractivity contribution < 1.29 is 27.4 Å². The molecule has 0 saturated carbocycles. The van der Waals surface area contributed by atoms with Crippen LogP contribution in [0.4, 0.5) is 4.39 Å². The quantitative estimate of drug-likeness (QED) is 0.573. The molecule has 0 unspecified atom stereocenters. The van der Waals surface area contributed by atoms with Gasteiger partial charge in [-0.1, -0.05) is 18.3 Å². The number of hydrogen-bond donors (Lipinski definition) is 1. The van der Waals surface area contributed by atoms with Gasteiger partial charge in [0, 0.05) is 18.5 Å². The number of hydrogen-bond acceptors (Lipinski definition) is 6. The Balaban J connectivity index is 1.68. The zero-order valence-electron chi connectivity index (χ0n) is 17.0. The van der Waals surface area contributed by atoms with E-state index in [9.17, 15) is 22.7 Å². The van der Waals surface area contributed by atoms with E-state index in [1.54, 1.807) is 10.7 Å². The molecule has 0 amide bonds. The van der Waals surface area contributed by atoms with Crippen LogP contribution in [0.1, 0.15) is 25.6 Å². The summed E-state index contributed by atoms with van der Waals surface area (Å²) in [6, 6.07) is 6.91. The number of benzene rings is 1. The average Bonchev–Trinajstić information content (AvgIpc) is 3.40. The molecule has 166 valence electrons. The molecule has 1 aliphatic rings. The minimum atomic E-state index is -3.72. The van der Waals surface area contributed by atoms with Gasteiger partial charge >= 0.3 is 5.97 Å². The summed E-state index contributed by atoms with van der Waals surface area (Å²) >= 11 is 1.08. The third-order valence-electron chi connectivity index (χ3n) is 5.36. The molecule has 1 aliphatic heterocycles. The Kier molecular flexibility index (Phi) is 5.75. The summed E-state index contributed by atoms with van der Waals surface area (Å²) in [5.41, 5.74) is 0.790. The van der Waals surface area contributed by atoms with Gasteiger partial charge in [0.1, 0.15) is 10.0 Å². The predicted octanol–water partition coefficient (Wildman–Crippen LogP) is 3.14. The number of aliphatic carboxylic acids is 1. The summed E-state index contributed by atoms with van der Waals surface area (Å²) in [6.45, 7) is 4.62. The van der Waals surface area contributed by atoms with E-state index in [1.807, 2.05) is 13.8 Å². The van der Waals surface area contributed by atoms with Crippen LogP contribution >= 0.6 is 11.3 Å². The molecule has 2 aromatic heterocycles. The molecule has 8 nitrogen and oxygen atoms in total. The van der Waals surface area contributed by atoms with Crippen LogP contribution in [-0.4, -0.2) is 53.3 Å². The van der Waals surface area contributed by atoms with E-state index in [-0.39, 0.29) is 35.7 Å². The molecule has 4 rings (SSSR count). The van der Waals surface area contributed by atoms with Crippen LogP contribution in [0.2, 0.25) is 0 Å². The maximum atomic E-state index is 14.0. The van der Waals surface area contributed by atoms with Gasteiger partial charge in [0.2, 0.25) is 0 Å². The fourth-order valence-corrected chi connectivity index (χ4v) is 6.82.